The second kappa shape index (κ2) is 5.29. The van der Waals surface area contributed by atoms with Gasteiger partial charge in [0.2, 0.25) is 5.91 Å². The quantitative estimate of drug-likeness (QED) is 0.911. The lowest BCUT2D eigenvalue weighted by Gasteiger charge is -2.22. The van der Waals surface area contributed by atoms with E-state index in [9.17, 15) is 4.79 Å². The molecule has 2 rings (SSSR count). The zero-order valence-corrected chi connectivity index (χ0v) is 11.4. The lowest BCUT2D eigenvalue weighted by molar-refractivity contribution is -0.129. The molecule has 1 amide bonds. The fraction of sp³-hybridized carbons (Fsp3) is 0.500. The first kappa shape index (κ1) is 13.4. The zero-order chi connectivity index (χ0) is 13.2. The van der Waals surface area contributed by atoms with Crippen molar-refractivity contribution in [3.05, 3.63) is 34.9 Å². The van der Waals surface area contributed by atoms with E-state index in [1.54, 1.807) is 0 Å². The van der Waals surface area contributed by atoms with Gasteiger partial charge in [0.1, 0.15) is 0 Å². The Kier molecular flexibility index (Phi) is 3.93. The summed E-state index contributed by atoms with van der Waals surface area (Å²) in [5.74, 6) is 0.162. The molecule has 98 valence electrons. The zero-order valence-electron chi connectivity index (χ0n) is 10.7. The van der Waals surface area contributed by atoms with E-state index in [0.29, 0.717) is 18.0 Å². The van der Waals surface area contributed by atoms with Crippen molar-refractivity contribution in [1.82, 2.24) is 4.90 Å². The highest BCUT2D eigenvalue weighted by Gasteiger charge is 2.34. The molecule has 18 heavy (non-hydrogen) atoms. The van der Waals surface area contributed by atoms with Crippen LogP contribution in [0.25, 0.3) is 0 Å². The van der Waals surface area contributed by atoms with E-state index in [-0.39, 0.29) is 11.3 Å². The van der Waals surface area contributed by atoms with Gasteiger partial charge >= 0.3 is 0 Å². The molecule has 1 aromatic carbocycles. The minimum atomic E-state index is 0.0873. The molecule has 1 heterocycles. The fourth-order valence-electron chi connectivity index (χ4n) is 2.34. The molecule has 1 atom stereocenters. The van der Waals surface area contributed by atoms with Gasteiger partial charge in [-0.3, -0.25) is 4.79 Å². The van der Waals surface area contributed by atoms with Gasteiger partial charge in [0, 0.05) is 18.1 Å². The van der Waals surface area contributed by atoms with Crippen molar-refractivity contribution in [1.29, 1.82) is 0 Å². The van der Waals surface area contributed by atoms with E-state index < -0.39 is 0 Å². The lowest BCUT2D eigenvalue weighted by atomic mass is 9.90. The molecule has 4 heteroatoms. The van der Waals surface area contributed by atoms with Gasteiger partial charge in [0.15, 0.2) is 0 Å². The van der Waals surface area contributed by atoms with Crippen LogP contribution in [0.5, 0.6) is 0 Å². The van der Waals surface area contributed by atoms with E-state index >= 15 is 0 Å². The number of amides is 1. The number of nitrogens with zero attached hydrogens (tertiary/aromatic N) is 1. The maximum atomic E-state index is 12.2. The highest BCUT2D eigenvalue weighted by molar-refractivity contribution is 6.30. The van der Waals surface area contributed by atoms with Gasteiger partial charge in [0.25, 0.3) is 0 Å². The van der Waals surface area contributed by atoms with Gasteiger partial charge in [-0.15, -0.1) is 0 Å². The molecular weight excluding hydrogens is 248 g/mol. The summed E-state index contributed by atoms with van der Waals surface area (Å²) in [4.78, 5) is 14.1. The van der Waals surface area contributed by atoms with Gasteiger partial charge in [-0.25, -0.2) is 0 Å². The van der Waals surface area contributed by atoms with Crippen LogP contribution in [-0.4, -0.2) is 30.4 Å². The molecule has 1 aromatic rings. The van der Waals surface area contributed by atoms with Gasteiger partial charge in [0.05, 0.1) is 6.42 Å². The van der Waals surface area contributed by atoms with Crippen LogP contribution < -0.4 is 5.73 Å². The molecule has 2 N–H and O–H groups in total. The first-order chi connectivity index (χ1) is 8.52. The summed E-state index contributed by atoms with van der Waals surface area (Å²) in [5.41, 5.74) is 6.80. The van der Waals surface area contributed by atoms with Crippen LogP contribution >= 0.6 is 11.6 Å². The number of rotatable bonds is 3. The molecule has 0 aromatic heterocycles. The third-order valence-corrected chi connectivity index (χ3v) is 3.88. The molecule has 0 bridgehead atoms. The Labute approximate surface area is 113 Å². The summed E-state index contributed by atoms with van der Waals surface area (Å²) in [7, 11) is 0. The third-order valence-electron chi connectivity index (χ3n) is 3.65. The van der Waals surface area contributed by atoms with Crippen molar-refractivity contribution < 1.29 is 4.79 Å². The number of hydrogen-bond donors (Lipinski definition) is 1. The van der Waals surface area contributed by atoms with Gasteiger partial charge in [-0.2, -0.15) is 0 Å². The van der Waals surface area contributed by atoms with E-state index in [4.69, 9.17) is 17.3 Å². The van der Waals surface area contributed by atoms with Gasteiger partial charge in [-0.1, -0.05) is 30.7 Å². The van der Waals surface area contributed by atoms with Crippen molar-refractivity contribution in [3.63, 3.8) is 0 Å². The SMILES string of the molecule is CC1(CN)CCN(C(=O)Cc2cccc(Cl)c2)C1. The van der Waals surface area contributed by atoms with Crippen molar-refractivity contribution in [2.24, 2.45) is 11.1 Å². The topological polar surface area (TPSA) is 46.3 Å². The average molecular weight is 267 g/mol. The van der Waals surface area contributed by atoms with E-state index in [0.717, 1.165) is 25.1 Å². The van der Waals surface area contributed by atoms with E-state index in [1.807, 2.05) is 29.2 Å². The van der Waals surface area contributed by atoms with E-state index in [2.05, 4.69) is 6.92 Å². The van der Waals surface area contributed by atoms with Crippen LogP contribution in [0.1, 0.15) is 18.9 Å². The standard InChI is InChI=1S/C14H19ClN2O/c1-14(9-16)5-6-17(10-14)13(18)8-11-3-2-4-12(15)7-11/h2-4,7H,5-6,8-10,16H2,1H3. The van der Waals surface area contributed by atoms with Crippen LogP contribution in [0.2, 0.25) is 5.02 Å². The van der Waals surface area contributed by atoms with Crippen LogP contribution in [0.15, 0.2) is 24.3 Å². The minimum Gasteiger partial charge on any atom is -0.342 e. The lowest BCUT2D eigenvalue weighted by Crippen LogP contribution is -2.35. The molecule has 1 fully saturated rings. The Morgan fingerprint density at radius 1 is 1.56 bits per heavy atom. The predicted molar refractivity (Wildman–Crippen MR) is 73.5 cm³/mol. The summed E-state index contributed by atoms with van der Waals surface area (Å²) < 4.78 is 0. The molecular formula is C14H19ClN2O. The van der Waals surface area contributed by atoms with Gasteiger partial charge in [-0.05, 0) is 36.1 Å². The summed E-state index contributed by atoms with van der Waals surface area (Å²) in [6.45, 7) is 4.35. The Morgan fingerprint density at radius 3 is 2.94 bits per heavy atom. The normalized spacial score (nSPS) is 23.4. The average Bonchev–Trinajstić information content (AvgIpc) is 2.73. The summed E-state index contributed by atoms with van der Waals surface area (Å²) in [6.07, 6.45) is 1.41. The minimum absolute atomic E-state index is 0.0873. The predicted octanol–water partition coefficient (Wildman–Crippen LogP) is 2.08. The maximum Gasteiger partial charge on any atom is 0.227 e. The number of hydrogen-bond acceptors (Lipinski definition) is 2. The van der Waals surface area contributed by atoms with Crippen molar-refractivity contribution in [2.45, 2.75) is 19.8 Å². The van der Waals surface area contributed by atoms with E-state index in [1.165, 1.54) is 0 Å². The molecule has 0 saturated carbocycles. The van der Waals surface area contributed by atoms with Crippen LogP contribution in [-0.2, 0) is 11.2 Å². The molecule has 1 aliphatic rings. The highest BCUT2D eigenvalue weighted by Crippen LogP contribution is 2.28. The van der Waals surface area contributed by atoms with Gasteiger partial charge < -0.3 is 10.6 Å². The van der Waals surface area contributed by atoms with Crippen LogP contribution in [0.3, 0.4) is 0 Å². The monoisotopic (exact) mass is 266 g/mol. The molecule has 1 aliphatic heterocycles. The number of likely N-dealkylation sites (tertiary alicyclic amines) is 1. The fourth-order valence-corrected chi connectivity index (χ4v) is 2.55. The molecule has 3 nitrogen and oxygen atoms in total. The second-order valence-electron chi connectivity index (χ2n) is 5.39. The molecule has 0 aliphatic carbocycles. The second-order valence-corrected chi connectivity index (χ2v) is 5.82. The van der Waals surface area contributed by atoms with Crippen LogP contribution in [0.4, 0.5) is 0 Å². The number of carbonyl (C=O) groups excluding carboxylic acids is 1. The van der Waals surface area contributed by atoms with Crippen LogP contribution in [0, 0.1) is 5.41 Å². The van der Waals surface area contributed by atoms with Crippen molar-refractivity contribution >= 4 is 17.5 Å². The molecule has 1 saturated heterocycles. The number of nitrogens with two attached hydrogens (primary N) is 1. The Morgan fingerprint density at radius 2 is 2.33 bits per heavy atom. The molecule has 0 radical (unpaired) electrons. The van der Waals surface area contributed by atoms with Crippen molar-refractivity contribution in [2.75, 3.05) is 19.6 Å². The first-order valence-electron chi connectivity index (χ1n) is 6.25. The number of benzene rings is 1. The van der Waals surface area contributed by atoms with Crippen molar-refractivity contribution in [3.8, 4) is 0 Å². The largest absolute Gasteiger partial charge is 0.342 e. The smallest absolute Gasteiger partial charge is 0.227 e. The Hall–Kier alpha value is -1.06. The Bertz CT molecular complexity index is 449. The third kappa shape index (κ3) is 3.03. The summed E-state index contributed by atoms with van der Waals surface area (Å²) in [5, 5.41) is 0.675. The first-order valence-corrected chi connectivity index (χ1v) is 6.62. The summed E-state index contributed by atoms with van der Waals surface area (Å²) >= 11 is 5.91. The Balaban J connectivity index is 1.97. The summed E-state index contributed by atoms with van der Waals surface area (Å²) in [6, 6.07) is 7.47. The maximum absolute atomic E-state index is 12.2. The highest BCUT2D eigenvalue weighted by atomic mass is 35.5. The number of halogens is 1. The molecule has 1 unspecified atom stereocenters. The molecule has 0 spiro atoms. The number of carbonyl (C=O) groups is 1.